The van der Waals surface area contributed by atoms with E-state index in [9.17, 15) is 0 Å². The molecule has 6 nitrogen and oxygen atoms in total. The van der Waals surface area contributed by atoms with Crippen molar-refractivity contribution in [1.82, 2.24) is 25.4 Å². The van der Waals surface area contributed by atoms with Crippen LogP contribution in [0.3, 0.4) is 0 Å². The summed E-state index contributed by atoms with van der Waals surface area (Å²) in [6.07, 6.45) is 1.52. The second-order valence-corrected chi connectivity index (χ2v) is 4.58. The zero-order valence-electron chi connectivity index (χ0n) is 11.9. The van der Waals surface area contributed by atoms with Crippen molar-refractivity contribution < 1.29 is 0 Å². The Labute approximate surface area is 146 Å². The van der Waals surface area contributed by atoms with Crippen molar-refractivity contribution in [1.29, 1.82) is 0 Å². The fourth-order valence-electron chi connectivity index (χ4n) is 1.68. The van der Waals surface area contributed by atoms with E-state index in [-0.39, 0.29) is 24.0 Å². The van der Waals surface area contributed by atoms with Gasteiger partial charge in [0.15, 0.2) is 5.96 Å². The average Bonchev–Trinajstić information content (AvgIpc) is 2.86. The summed E-state index contributed by atoms with van der Waals surface area (Å²) < 4.78 is 1.72. The lowest BCUT2D eigenvalue weighted by atomic mass is 10.2. The number of benzene rings is 1. The molecule has 0 aliphatic heterocycles. The number of hydrogen-bond donors (Lipinski definition) is 2. The van der Waals surface area contributed by atoms with Gasteiger partial charge in [0, 0.05) is 25.7 Å². The van der Waals surface area contributed by atoms with Crippen molar-refractivity contribution in [3.8, 4) is 0 Å². The molecule has 114 valence electrons. The quantitative estimate of drug-likeness (QED) is 0.451. The van der Waals surface area contributed by atoms with E-state index in [0.717, 1.165) is 16.4 Å². The largest absolute Gasteiger partial charge is 0.352 e. The number of aromatic nitrogens is 3. The second-order valence-electron chi connectivity index (χ2n) is 4.17. The Kier molecular flexibility index (Phi) is 7.44. The van der Waals surface area contributed by atoms with E-state index in [0.29, 0.717) is 19.0 Å². The predicted octanol–water partition coefficient (Wildman–Crippen LogP) is 1.95. The molecule has 1 aromatic carbocycles. The number of aryl methyl sites for hydroxylation is 1. The first-order valence-electron chi connectivity index (χ1n) is 6.21. The summed E-state index contributed by atoms with van der Waals surface area (Å²) >= 11 is 6.11. The fraction of sp³-hybridized carbons (Fsp3) is 0.308. The van der Waals surface area contributed by atoms with Crippen molar-refractivity contribution in [2.75, 3.05) is 7.05 Å². The van der Waals surface area contributed by atoms with Crippen LogP contribution >= 0.6 is 35.6 Å². The van der Waals surface area contributed by atoms with Crippen molar-refractivity contribution in [2.45, 2.75) is 13.1 Å². The highest BCUT2D eigenvalue weighted by molar-refractivity contribution is 14.0. The first-order valence-corrected chi connectivity index (χ1v) is 6.59. The summed E-state index contributed by atoms with van der Waals surface area (Å²) in [5.41, 5.74) is 1.02. The maximum Gasteiger partial charge on any atom is 0.191 e. The Hall–Kier alpha value is -1.35. The molecule has 0 saturated heterocycles. The lowest BCUT2D eigenvalue weighted by molar-refractivity contribution is 0.672. The molecule has 0 spiro atoms. The molecule has 0 atom stereocenters. The Bertz CT molecular complexity index is 598. The molecule has 8 heteroatoms. The molecule has 0 radical (unpaired) electrons. The van der Waals surface area contributed by atoms with E-state index in [4.69, 9.17) is 11.6 Å². The molecule has 0 bridgehead atoms. The van der Waals surface area contributed by atoms with Crippen LogP contribution in [0.5, 0.6) is 0 Å². The highest BCUT2D eigenvalue weighted by Gasteiger charge is 2.04. The maximum atomic E-state index is 6.11. The Balaban J connectivity index is 0.00000220. The third-order valence-electron chi connectivity index (χ3n) is 2.85. The Morgan fingerprint density at radius 1 is 1.29 bits per heavy atom. The summed E-state index contributed by atoms with van der Waals surface area (Å²) in [7, 11) is 3.57. The maximum absolute atomic E-state index is 6.11. The van der Waals surface area contributed by atoms with Crippen LogP contribution in [0.2, 0.25) is 5.02 Å². The van der Waals surface area contributed by atoms with Gasteiger partial charge < -0.3 is 10.6 Å². The van der Waals surface area contributed by atoms with Crippen LogP contribution in [-0.2, 0) is 20.1 Å². The van der Waals surface area contributed by atoms with Crippen molar-refractivity contribution in [3.63, 3.8) is 0 Å². The molecule has 2 N–H and O–H groups in total. The van der Waals surface area contributed by atoms with Crippen LogP contribution in [0.1, 0.15) is 11.4 Å². The lowest BCUT2D eigenvalue weighted by Crippen LogP contribution is -2.37. The lowest BCUT2D eigenvalue weighted by Gasteiger charge is -2.12. The normalized spacial score (nSPS) is 10.9. The number of rotatable bonds is 4. The van der Waals surface area contributed by atoms with Crippen LogP contribution in [0.25, 0.3) is 0 Å². The fourth-order valence-corrected chi connectivity index (χ4v) is 1.89. The number of hydrogen-bond acceptors (Lipinski definition) is 3. The Morgan fingerprint density at radius 3 is 2.62 bits per heavy atom. The molecule has 0 aliphatic carbocycles. The van der Waals surface area contributed by atoms with Gasteiger partial charge in [0.1, 0.15) is 12.2 Å². The molecule has 0 unspecified atom stereocenters. The van der Waals surface area contributed by atoms with Crippen molar-refractivity contribution in [3.05, 3.63) is 47.0 Å². The van der Waals surface area contributed by atoms with Crippen molar-refractivity contribution >= 4 is 41.5 Å². The van der Waals surface area contributed by atoms with Gasteiger partial charge in [0.25, 0.3) is 0 Å². The number of nitrogens with one attached hydrogen (secondary N) is 2. The van der Waals surface area contributed by atoms with Crippen LogP contribution in [0.4, 0.5) is 0 Å². The molecule has 1 heterocycles. The van der Waals surface area contributed by atoms with Gasteiger partial charge in [-0.05, 0) is 11.6 Å². The number of aliphatic imine (C=N–C) groups is 1. The first kappa shape index (κ1) is 17.7. The van der Waals surface area contributed by atoms with Crippen LogP contribution in [-0.4, -0.2) is 27.8 Å². The van der Waals surface area contributed by atoms with Gasteiger partial charge in [-0.15, -0.1) is 24.0 Å². The van der Waals surface area contributed by atoms with E-state index in [1.165, 1.54) is 6.33 Å². The highest BCUT2D eigenvalue weighted by atomic mass is 127. The van der Waals surface area contributed by atoms with Crippen LogP contribution < -0.4 is 10.6 Å². The zero-order valence-corrected chi connectivity index (χ0v) is 15.0. The summed E-state index contributed by atoms with van der Waals surface area (Å²) in [6.45, 7) is 1.16. The number of halogens is 2. The van der Waals surface area contributed by atoms with Crippen molar-refractivity contribution in [2.24, 2.45) is 12.0 Å². The Morgan fingerprint density at radius 2 is 2.00 bits per heavy atom. The van der Waals surface area contributed by atoms with E-state index in [1.54, 1.807) is 11.7 Å². The summed E-state index contributed by atoms with van der Waals surface area (Å²) in [4.78, 5) is 8.30. The third-order valence-corrected chi connectivity index (χ3v) is 3.22. The number of guanidine groups is 1. The molecule has 0 fully saturated rings. The molecule has 2 rings (SSSR count). The first-order chi connectivity index (χ1) is 9.70. The molecule has 0 amide bonds. The average molecular weight is 421 g/mol. The molecule has 1 aromatic heterocycles. The topological polar surface area (TPSA) is 67.1 Å². The van der Waals surface area contributed by atoms with E-state index < -0.39 is 0 Å². The molecule has 2 aromatic rings. The monoisotopic (exact) mass is 420 g/mol. The van der Waals surface area contributed by atoms with Crippen LogP contribution in [0, 0.1) is 0 Å². The van der Waals surface area contributed by atoms with Gasteiger partial charge in [0.05, 0.1) is 6.54 Å². The molecule has 21 heavy (non-hydrogen) atoms. The molecular weight excluding hydrogens is 403 g/mol. The van der Waals surface area contributed by atoms with Gasteiger partial charge in [-0.3, -0.25) is 9.67 Å². The van der Waals surface area contributed by atoms with Gasteiger partial charge in [0.2, 0.25) is 0 Å². The van der Waals surface area contributed by atoms with Gasteiger partial charge >= 0.3 is 0 Å². The minimum absolute atomic E-state index is 0. The summed E-state index contributed by atoms with van der Waals surface area (Å²) in [6, 6.07) is 7.71. The van der Waals surface area contributed by atoms with Crippen LogP contribution in [0.15, 0.2) is 35.6 Å². The molecule has 0 saturated carbocycles. The smallest absolute Gasteiger partial charge is 0.191 e. The third kappa shape index (κ3) is 5.16. The van der Waals surface area contributed by atoms with Gasteiger partial charge in [-0.1, -0.05) is 29.8 Å². The number of nitrogens with zero attached hydrogens (tertiary/aromatic N) is 4. The molecule has 0 aliphatic rings. The second kappa shape index (κ2) is 8.83. The predicted molar refractivity (Wildman–Crippen MR) is 94.9 cm³/mol. The minimum Gasteiger partial charge on any atom is -0.352 e. The van der Waals surface area contributed by atoms with Gasteiger partial charge in [-0.25, -0.2) is 4.98 Å². The van der Waals surface area contributed by atoms with E-state index >= 15 is 0 Å². The SMILES string of the molecule is CN=C(NCc1ccccc1Cl)NCc1ncnn1C.I. The summed E-state index contributed by atoms with van der Waals surface area (Å²) in [5, 5.41) is 11.1. The molecular formula is C13H18ClIN6. The summed E-state index contributed by atoms with van der Waals surface area (Å²) in [5.74, 6) is 1.53. The van der Waals surface area contributed by atoms with Gasteiger partial charge in [-0.2, -0.15) is 5.10 Å². The zero-order chi connectivity index (χ0) is 14.4. The van der Waals surface area contributed by atoms with E-state index in [2.05, 4.69) is 25.7 Å². The standard InChI is InChI=1S/C13H17ClN6.HI/c1-15-13(17-8-12-18-9-19-20(12)2)16-7-10-5-3-4-6-11(10)14;/h3-6,9H,7-8H2,1-2H3,(H2,15,16,17);1H. The van der Waals surface area contributed by atoms with E-state index in [1.807, 2.05) is 31.3 Å². The minimum atomic E-state index is 0. The highest BCUT2D eigenvalue weighted by Crippen LogP contribution is 2.14.